The van der Waals surface area contributed by atoms with E-state index in [1.165, 1.54) is 0 Å². The van der Waals surface area contributed by atoms with Crippen molar-refractivity contribution in [3.63, 3.8) is 0 Å². The molecule has 8 nitrogen and oxygen atoms in total. The van der Waals surface area contributed by atoms with Crippen molar-refractivity contribution in [3.8, 4) is 5.75 Å². The van der Waals surface area contributed by atoms with Crippen molar-refractivity contribution in [2.45, 2.75) is 117 Å². The maximum atomic E-state index is 13.5. The van der Waals surface area contributed by atoms with Gasteiger partial charge in [0.1, 0.15) is 22.7 Å². The first-order valence-corrected chi connectivity index (χ1v) is 15.1. The molecule has 41 heavy (non-hydrogen) atoms. The number of Topliss-reactive ketones (excluding diaryl/α,β-unsaturated/α-hetero) is 1. The SMILES string of the molecule is CCC1=NN=C(CC(=O)C[C@@H](Cc2cccc(C(=O)OC(C)(C)C)c2OC)B2O[C@@H]3C[C@@H]4C[C@@H](C4(C)C)[C@]3(C)O2)C1. The lowest BCUT2D eigenvalue weighted by molar-refractivity contribution is -0.199. The number of carbonyl (C=O) groups excluding carboxylic acids is 2. The molecule has 0 amide bonds. The van der Waals surface area contributed by atoms with Crippen LogP contribution in [0.3, 0.4) is 0 Å². The molecule has 5 atom stereocenters. The highest BCUT2D eigenvalue weighted by Gasteiger charge is 2.68. The summed E-state index contributed by atoms with van der Waals surface area (Å²) in [4.78, 5) is 26.5. The summed E-state index contributed by atoms with van der Waals surface area (Å²) in [7, 11) is 1.02. The highest BCUT2D eigenvalue weighted by molar-refractivity contribution is 6.48. The molecule has 6 rings (SSSR count). The molecule has 0 aromatic heterocycles. The zero-order valence-electron chi connectivity index (χ0n) is 25.9. The zero-order chi connectivity index (χ0) is 29.7. The maximum absolute atomic E-state index is 13.5. The maximum Gasteiger partial charge on any atom is 0.461 e. The van der Waals surface area contributed by atoms with Gasteiger partial charge in [-0.3, -0.25) is 4.79 Å². The van der Waals surface area contributed by atoms with E-state index in [2.05, 4.69) is 37.9 Å². The highest BCUT2D eigenvalue weighted by Crippen LogP contribution is 2.66. The molecule has 5 aliphatic rings. The summed E-state index contributed by atoms with van der Waals surface area (Å²) in [6, 6.07) is 5.49. The van der Waals surface area contributed by atoms with E-state index in [0.717, 1.165) is 36.2 Å². The number of benzene rings is 1. The van der Waals surface area contributed by atoms with Crippen LogP contribution in [0.25, 0.3) is 0 Å². The third-order valence-corrected chi connectivity index (χ3v) is 9.80. The molecule has 222 valence electrons. The van der Waals surface area contributed by atoms with Crippen LogP contribution in [-0.4, -0.2) is 54.7 Å². The first kappa shape index (κ1) is 30.0. The van der Waals surface area contributed by atoms with Crippen LogP contribution in [0, 0.1) is 17.3 Å². The Morgan fingerprint density at radius 2 is 1.88 bits per heavy atom. The van der Waals surface area contributed by atoms with E-state index in [0.29, 0.717) is 36.0 Å². The summed E-state index contributed by atoms with van der Waals surface area (Å²) < 4.78 is 24.9. The first-order chi connectivity index (χ1) is 19.2. The number of rotatable bonds is 10. The fourth-order valence-electron chi connectivity index (χ4n) is 7.46. The second-order valence-electron chi connectivity index (χ2n) is 14.1. The summed E-state index contributed by atoms with van der Waals surface area (Å²) >= 11 is 0. The Bertz CT molecular complexity index is 1270. The van der Waals surface area contributed by atoms with Crippen LogP contribution in [0.2, 0.25) is 5.82 Å². The standard InChI is InChI=1S/C32H45BN2O6/c1-9-22-17-23(35-34-22)18-24(36)16-21(33-40-27-15-20-14-26(31(20,5)6)32(27,7)41-33)13-19-11-10-12-25(28(19)38-8)29(37)39-30(2,3)4/h10-12,20-21,26-27H,9,13-18H2,1-8H3/t20-,21+,26-,27+,32-/m0/s1. The molecule has 2 bridgehead atoms. The van der Waals surface area contributed by atoms with Crippen molar-refractivity contribution < 1.29 is 28.4 Å². The van der Waals surface area contributed by atoms with Crippen molar-refractivity contribution in [1.82, 2.24) is 0 Å². The van der Waals surface area contributed by atoms with Gasteiger partial charge in [0.25, 0.3) is 0 Å². The zero-order valence-corrected chi connectivity index (χ0v) is 25.9. The predicted molar refractivity (Wildman–Crippen MR) is 160 cm³/mol. The van der Waals surface area contributed by atoms with Gasteiger partial charge in [0, 0.05) is 30.8 Å². The van der Waals surface area contributed by atoms with E-state index >= 15 is 0 Å². The van der Waals surface area contributed by atoms with Crippen LogP contribution < -0.4 is 4.74 Å². The number of ketones is 1. The number of hydrogen-bond donors (Lipinski definition) is 0. The van der Waals surface area contributed by atoms with Gasteiger partial charge in [-0.2, -0.15) is 10.2 Å². The van der Waals surface area contributed by atoms with E-state index in [-0.39, 0.29) is 41.6 Å². The van der Waals surface area contributed by atoms with Crippen molar-refractivity contribution in [3.05, 3.63) is 29.3 Å². The monoisotopic (exact) mass is 564 g/mol. The van der Waals surface area contributed by atoms with Crippen LogP contribution in [0.1, 0.15) is 103 Å². The number of nitrogens with zero attached hydrogens (tertiary/aromatic N) is 2. The van der Waals surface area contributed by atoms with Crippen LogP contribution in [0.5, 0.6) is 5.75 Å². The number of hydrogen-bond acceptors (Lipinski definition) is 8. The second-order valence-corrected chi connectivity index (χ2v) is 14.1. The molecular weight excluding hydrogens is 519 g/mol. The van der Waals surface area contributed by atoms with Gasteiger partial charge in [0.2, 0.25) is 0 Å². The molecule has 0 radical (unpaired) electrons. The second kappa shape index (κ2) is 11.0. The minimum absolute atomic E-state index is 0.0107. The molecular formula is C32H45BN2O6. The molecule has 2 heterocycles. The normalized spacial score (nSPS) is 28.8. The average molecular weight is 565 g/mol. The molecule has 9 heteroatoms. The Kier molecular flexibility index (Phi) is 8.01. The Morgan fingerprint density at radius 1 is 1.15 bits per heavy atom. The fourth-order valence-corrected chi connectivity index (χ4v) is 7.46. The van der Waals surface area contributed by atoms with Gasteiger partial charge < -0.3 is 18.8 Å². The number of ether oxygens (including phenoxy) is 2. The Labute approximate surface area is 244 Å². The molecule has 1 saturated heterocycles. The minimum atomic E-state index is -0.636. The smallest absolute Gasteiger partial charge is 0.461 e. The fraction of sp³-hybridized carbons (Fsp3) is 0.688. The number of para-hydroxylation sites is 1. The summed E-state index contributed by atoms with van der Waals surface area (Å²) in [5.74, 6) is 0.894. The van der Waals surface area contributed by atoms with E-state index < -0.39 is 18.7 Å². The summed E-state index contributed by atoms with van der Waals surface area (Å²) in [5.41, 5.74) is 2.21. The van der Waals surface area contributed by atoms with E-state index in [1.807, 2.05) is 32.9 Å². The van der Waals surface area contributed by atoms with Gasteiger partial charge in [-0.05, 0) is 82.3 Å². The van der Waals surface area contributed by atoms with Crippen LogP contribution in [0.4, 0.5) is 0 Å². The molecule has 1 aromatic carbocycles. The average Bonchev–Trinajstić information content (AvgIpc) is 3.50. The third kappa shape index (κ3) is 5.76. The Morgan fingerprint density at radius 3 is 2.51 bits per heavy atom. The lowest BCUT2D eigenvalue weighted by Crippen LogP contribution is -2.65. The predicted octanol–water partition coefficient (Wildman–Crippen LogP) is 6.25. The molecule has 0 unspecified atom stereocenters. The molecule has 0 N–H and O–H groups in total. The minimum Gasteiger partial charge on any atom is -0.496 e. The number of methoxy groups -OCH3 is 1. The van der Waals surface area contributed by atoms with E-state index in [4.69, 9.17) is 18.8 Å². The lowest BCUT2D eigenvalue weighted by Gasteiger charge is -2.64. The third-order valence-electron chi connectivity index (χ3n) is 9.80. The summed E-state index contributed by atoms with van der Waals surface area (Å²) in [5, 5.41) is 8.47. The van der Waals surface area contributed by atoms with Gasteiger partial charge in [0.15, 0.2) is 0 Å². The Balaban J connectivity index is 1.40. The van der Waals surface area contributed by atoms with E-state index in [9.17, 15) is 9.59 Å². The highest BCUT2D eigenvalue weighted by atomic mass is 16.7. The molecule has 4 fully saturated rings. The largest absolute Gasteiger partial charge is 0.496 e. The number of carbonyl (C=O) groups is 2. The Hall–Kier alpha value is -2.52. The van der Waals surface area contributed by atoms with Gasteiger partial charge >= 0.3 is 13.1 Å². The topological polar surface area (TPSA) is 95.8 Å². The van der Waals surface area contributed by atoms with E-state index in [1.54, 1.807) is 13.2 Å². The van der Waals surface area contributed by atoms with Crippen LogP contribution >= 0.6 is 0 Å². The van der Waals surface area contributed by atoms with Gasteiger partial charge in [-0.15, -0.1) is 0 Å². The van der Waals surface area contributed by atoms with Crippen molar-refractivity contribution in [2.75, 3.05) is 7.11 Å². The van der Waals surface area contributed by atoms with Gasteiger partial charge in [0.05, 0.1) is 24.5 Å². The van der Waals surface area contributed by atoms with Gasteiger partial charge in [-0.25, -0.2) is 4.79 Å². The van der Waals surface area contributed by atoms with Crippen molar-refractivity contribution >= 4 is 30.3 Å². The van der Waals surface area contributed by atoms with Crippen LogP contribution in [0.15, 0.2) is 28.4 Å². The molecule has 0 spiro atoms. The van der Waals surface area contributed by atoms with Crippen molar-refractivity contribution in [2.24, 2.45) is 27.5 Å². The van der Waals surface area contributed by atoms with Crippen LogP contribution in [-0.2, 0) is 25.3 Å². The van der Waals surface area contributed by atoms with Crippen molar-refractivity contribution in [1.29, 1.82) is 0 Å². The molecule has 1 aromatic rings. The quantitative estimate of drug-likeness (QED) is 0.246. The summed E-state index contributed by atoms with van der Waals surface area (Å²) in [6.07, 6.45) is 4.63. The lowest BCUT2D eigenvalue weighted by atomic mass is 9.43. The number of esters is 1. The molecule has 3 saturated carbocycles. The first-order valence-electron chi connectivity index (χ1n) is 15.1. The summed E-state index contributed by atoms with van der Waals surface area (Å²) in [6.45, 7) is 14.4. The van der Waals surface area contributed by atoms with Gasteiger partial charge in [-0.1, -0.05) is 32.9 Å². The molecule has 2 aliphatic heterocycles. The molecule has 3 aliphatic carbocycles.